The third-order valence-corrected chi connectivity index (χ3v) is 4.28. The molecule has 0 bridgehead atoms. The molecular weight excluding hydrogens is 317 g/mol. The predicted octanol–water partition coefficient (Wildman–Crippen LogP) is 2.90. The van der Waals surface area contributed by atoms with E-state index in [9.17, 15) is 9.18 Å². The van der Waals surface area contributed by atoms with Gasteiger partial charge in [0.25, 0.3) is 0 Å². The molecule has 0 amide bonds. The Morgan fingerprint density at radius 2 is 2.26 bits per heavy atom. The van der Waals surface area contributed by atoms with Crippen molar-refractivity contribution < 1.29 is 19.0 Å². The van der Waals surface area contributed by atoms with Crippen molar-refractivity contribution in [3.63, 3.8) is 0 Å². The van der Waals surface area contributed by atoms with Gasteiger partial charge < -0.3 is 14.7 Å². The molecular formula is C13H15BrFNO3. The number of likely N-dealkylation sites (N-methyl/N-ethyl adjacent to an activating group) is 1. The van der Waals surface area contributed by atoms with Crippen molar-refractivity contribution in [1.82, 2.24) is 0 Å². The summed E-state index contributed by atoms with van der Waals surface area (Å²) in [5.74, 6) is -1.71. The highest BCUT2D eigenvalue weighted by Crippen LogP contribution is 2.32. The number of ether oxygens (including phenoxy) is 1. The third kappa shape index (κ3) is 2.60. The maximum Gasteiger partial charge on any atom is 0.336 e. The Kier molecular flexibility index (Phi) is 4.10. The summed E-state index contributed by atoms with van der Waals surface area (Å²) in [6, 6.07) is 2.99. The number of hydrogen-bond acceptors (Lipinski definition) is 3. The van der Waals surface area contributed by atoms with Crippen LogP contribution >= 0.6 is 15.9 Å². The molecule has 2 rings (SSSR count). The summed E-state index contributed by atoms with van der Waals surface area (Å²) >= 11 is 3.01. The minimum atomic E-state index is -1.16. The van der Waals surface area contributed by atoms with Crippen molar-refractivity contribution in [3.05, 3.63) is 28.0 Å². The number of hydrogen-bond donors (Lipinski definition) is 1. The number of anilines is 1. The first-order chi connectivity index (χ1) is 8.93. The van der Waals surface area contributed by atoms with E-state index in [4.69, 9.17) is 9.84 Å². The van der Waals surface area contributed by atoms with Gasteiger partial charge in [0.15, 0.2) is 5.82 Å². The normalized spacial score (nSPS) is 22.5. The number of aromatic carboxylic acids is 1. The van der Waals surface area contributed by atoms with Crippen LogP contribution < -0.4 is 4.90 Å². The fourth-order valence-corrected chi connectivity index (χ4v) is 2.89. The first-order valence-electron chi connectivity index (χ1n) is 5.99. The van der Waals surface area contributed by atoms with E-state index in [0.717, 1.165) is 6.42 Å². The number of benzene rings is 1. The monoisotopic (exact) mass is 331 g/mol. The summed E-state index contributed by atoms with van der Waals surface area (Å²) in [6.45, 7) is 2.61. The van der Waals surface area contributed by atoms with Crippen LogP contribution in [0.2, 0.25) is 0 Å². The Morgan fingerprint density at radius 3 is 2.79 bits per heavy atom. The van der Waals surface area contributed by atoms with E-state index < -0.39 is 11.8 Å². The number of rotatable bonds is 3. The largest absolute Gasteiger partial charge is 0.478 e. The fourth-order valence-electron chi connectivity index (χ4n) is 2.38. The van der Waals surface area contributed by atoms with Crippen LogP contribution in [-0.2, 0) is 4.74 Å². The van der Waals surface area contributed by atoms with Gasteiger partial charge in [-0.25, -0.2) is 9.18 Å². The third-order valence-electron chi connectivity index (χ3n) is 3.51. The maximum atomic E-state index is 14.3. The Hall–Kier alpha value is -1.14. The van der Waals surface area contributed by atoms with Crippen LogP contribution in [0.25, 0.3) is 0 Å². The van der Waals surface area contributed by atoms with E-state index in [1.807, 2.05) is 11.8 Å². The summed E-state index contributed by atoms with van der Waals surface area (Å²) in [7, 11) is 1.79. The molecule has 1 aliphatic heterocycles. The second kappa shape index (κ2) is 5.46. The Labute approximate surface area is 119 Å². The first-order valence-corrected chi connectivity index (χ1v) is 6.78. The lowest BCUT2D eigenvalue weighted by Crippen LogP contribution is -2.37. The minimum Gasteiger partial charge on any atom is -0.478 e. The van der Waals surface area contributed by atoms with Crippen LogP contribution in [0.4, 0.5) is 10.1 Å². The average Bonchev–Trinajstić information content (AvgIpc) is 2.77. The smallest absolute Gasteiger partial charge is 0.336 e. The Bertz CT molecular complexity index is 509. The Morgan fingerprint density at radius 1 is 1.58 bits per heavy atom. The van der Waals surface area contributed by atoms with Crippen molar-refractivity contribution in [1.29, 1.82) is 0 Å². The zero-order chi connectivity index (χ0) is 14.2. The molecule has 0 saturated carbocycles. The van der Waals surface area contributed by atoms with Crippen molar-refractivity contribution >= 4 is 27.6 Å². The van der Waals surface area contributed by atoms with Gasteiger partial charge in [-0.1, -0.05) is 0 Å². The van der Waals surface area contributed by atoms with Gasteiger partial charge in [-0.05, 0) is 41.4 Å². The minimum absolute atomic E-state index is 0.0177. The van der Waals surface area contributed by atoms with Crippen LogP contribution in [0.1, 0.15) is 23.7 Å². The van der Waals surface area contributed by atoms with Gasteiger partial charge >= 0.3 is 5.97 Å². The van der Waals surface area contributed by atoms with E-state index in [0.29, 0.717) is 12.3 Å². The second-order valence-electron chi connectivity index (χ2n) is 4.61. The zero-order valence-electron chi connectivity index (χ0n) is 10.7. The molecule has 0 spiro atoms. The van der Waals surface area contributed by atoms with Crippen LogP contribution in [0.3, 0.4) is 0 Å². The molecule has 1 aliphatic rings. The SMILES string of the molecule is CC1OCCC1N(C)c1ccc(C(=O)O)c(Br)c1F. The maximum absolute atomic E-state index is 14.3. The van der Waals surface area contributed by atoms with Crippen LogP contribution in [0.5, 0.6) is 0 Å². The lowest BCUT2D eigenvalue weighted by Gasteiger charge is -2.29. The highest BCUT2D eigenvalue weighted by atomic mass is 79.9. The molecule has 19 heavy (non-hydrogen) atoms. The fraction of sp³-hybridized carbons (Fsp3) is 0.462. The molecule has 1 aromatic carbocycles. The lowest BCUT2D eigenvalue weighted by molar-refractivity contribution is 0.0695. The van der Waals surface area contributed by atoms with Crippen molar-refractivity contribution in [3.8, 4) is 0 Å². The molecule has 4 nitrogen and oxygen atoms in total. The van der Waals surface area contributed by atoms with Gasteiger partial charge in [-0.2, -0.15) is 0 Å². The molecule has 2 atom stereocenters. The summed E-state index contributed by atoms with van der Waals surface area (Å²) in [6.07, 6.45) is 0.859. The van der Waals surface area contributed by atoms with Gasteiger partial charge in [-0.3, -0.25) is 0 Å². The van der Waals surface area contributed by atoms with Crippen molar-refractivity contribution in [2.24, 2.45) is 0 Å². The number of nitrogens with zero attached hydrogens (tertiary/aromatic N) is 1. The lowest BCUT2D eigenvalue weighted by atomic mass is 10.1. The standard InChI is InChI=1S/C13H15BrFNO3/c1-7-9(5-6-19-7)16(2)10-4-3-8(13(17)18)11(14)12(10)15/h3-4,7,9H,5-6H2,1-2H3,(H,17,18). The van der Waals surface area contributed by atoms with Gasteiger partial charge in [0.2, 0.25) is 0 Å². The van der Waals surface area contributed by atoms with E-state index in [-0.39, 0.29) is 22.2 Å². The summed E-state index contributed by atoms with van der Waals surface area (Å²) < 4.78 is 19.7. The highest BCUT2D eigenvalue weighted by Gasteiger charge is 2.30. The summed E-state index contributed by atoms with van der Waals surface area (Å²) in [5.41, 5.74) is 0.296. The van der Waals surface area contributed by atoms with E-state index >= 15 is 0 Å². The van der Waals surface area contributed by atoms with Crippen LogP contribution in [-0.4, -0.2) is 36.9 Å². The van der Waals surface area contributed by atoms with Crippen LogP contribution in [0.15, 0.2) is 16.6 Å². The first kappa shape index (κ1) is 14.3. The van der Waals surface area contributed by atoms with E-state index in [1.54, 1.807) is 7.05 Å². The molecule has 6 heteroatoms. The van der Waals surface area contributed by atoms with Crippen molar-refractivity contribution in [2.75, 3.05) is 18.6 Å². The molecule has 1 aromatic rings. The molecule has 0 aliphatic carbocycles. The molecule has 1 saturated heterocycles. The topological polar surface area (TPSA) is 49.8 Å². The molecule has 2 unspecified atom stereocenters. The van der Waals surface area contributed by atoms with Gasteiger partial charge in [0, 0.05) is 13.7 Å². The van der Waals surface area contributed by atoms with Gasteiger partial charge in [0.1, 0.15) is 0 Å². The molecule has 1 fully saturated rings. The van der Waals surface area contributed by atoms with E-state index in [2.05, 4.69) is 15.9 Å². The van der Waals surface area contributed by atoms with Gasteiger partial charge in [0.05, 0.1) is 27.9 Å². The highest BCUT2D eigenvalue weighted by molar-refractivity contribution is 9.10. The molecule has 0 radical (unpaired) electrons. The second-order valence-corrected chi connectivity index (χ2v) is 5.40. The Balaban J connectivity index is 2.35. The van der Waals surface area contributed by atoms with Crippen LogP contribution in [0, 0.1) is 5.82 Å². The summed E-state index contributed by atoms with van der Waals surface area (Å²) in [4.78, 5) is 12.7. The van der Waals surface area contributed by atoms with Gasteiger partial charge in [-0.15, -0.1) is 0 Å². The molecule has 0 aromatic heterocycles. The number of halogens is 2. The number of carboxylic acid groups (broad SMARTS) is 1. The molecule has 104 valence electrons. The number of carboxylic acids is 1. The van der Waals surface area contributed by atoms with Crippen molar-refractivity contribution in [2.45, 2.75) is 25.5 Å². The zero-order valence-corrected chi connectivity index (χ0v) is 12.3. The number of carbonyl (C=O) groups is 1. The van der Waals surface area contributed by atoms with E-state index in [1.165, 1.54) is 12.1 Å². The average molecular weight is 332 g/mol. The molecule has 1 heterocycles. The predicted molar refractivity (Wildman–Crippen MR) is 73.3 cm³/mol. The quantitative estimate of drug-likeness (QED) is 0.925. The summed E-state index contributed by atoms with van der Waals surface area (Å²) in [5, 5.41) is 8.94. The molecule has 1 N–H and O–H groups in total.